The first-order valence-corrected chi connectivity index (χ1v) is 30.7. The summed E-state index contributed by atoms with van der Waals surface area (Å²) < 4.78 is 45.3. The zero-order valence-electron chi connectivity index (χ0n) is 58.8. The maximum atomic E-state index is 11.6. The van der Waals surface area contributed by atoms with Gasteiger partial charge in [-0.3, -0.25) is 4.79 Å². The minimum Gasteiger partial charge on any atom is -0.376 e. The van der Waals surface area contributed by atoms with Crippen molar-refractivity contribution >= 4 is 5.78 Å². The molecule has 0 radical (unpaired) electrons. The van der Waals surface area contributed by atoms with Crippen molar-refractivity contribution in [1.82, 2.24) is 4.90 Å². The number of benzene rings is 1. The lowest BCUT2D eigenvalue weighted by atomic mass is 9.88. The van der Waals surface area contributed by atoms with Crippen LogP contribution in [0.5, 0.6) is 0 Å². The molecule has 1 rings (SSSR count). The third-order valence-electron chi connectivity index (χ3n) is 10.7. The van der Waals surface area contributed by atoms with Gasteiger partial charge < -0.3 is 42.8 Å². The lowest BCUT2D eigenvalue weighted by Crippen LogP contribution is -2.38. The van der Waals surface area contributed by atoms with E-state index in [1.807, 2.05) is 0 Å². The van der Waals surface area contributed by atoms with Crippen LogP contribution in [0.15, 0.2) is 24.3 Å². The number of ketones is 1. The molecular weight excluding hydrogens is 987 g/mol. The van der Waals surface area contributed by atoms with Crippen LogP contribution in [0.4, 0.5) is 0 Å². The molecule has 0 saturated carbocycles. The molecule has 0 saturated heterocycles. The van der Waals surface area contributed by atoms with Crippen LogP contribution < -0.4 is 0 Å². The molecule has 0 spiro atoms. The number of rotatable bonds is 27. The highest BCUT2D eigenvalue weighted by molar-refractivity contribution is 5.78. The first-order chi connectivity index (χ1) is 35.3. The standard InChI is InChI=1S/C16H26O2.C14H31NO.C14H28O2.C13H28O2.C12H26O2/c1-15(2,3)17-11-13-8-7-9-14(10-13)12-18-16(4,5)6;1-13(2,3)15(7)11-9-8-10-12-16-14(4,5)6;1-13(2,3)11-12(15)9-7-8-10-16-14(4,5)6;1-12(2,3)14-10-8-7-9-11-15-13(4,5)6;1-11(2,3)13-9-7-8-10-14-12(4,5)6/h7-10H,11-12H2,1-6H3;8-12H2,1-7H3;7-11H2,1-6H3;7-11H2,1-6H3;7-10H2,1-6H3. The summed E-state index contributed by atoms with van der Waals surface area (Å²) in [6, 6.07) is 8.39. The first kappa shape index (κ1) is 84.0. The number of hydrogen-bond donors (Lipinski definition) is 0. The van der Waals surface area contributed by atoms with Crippen LogP contribution >= 0.6 is 0 Å². The SMILES string of the molecule is CC(C)(C)CC(=O)CCCCOC(C)(C)C.CC(C)(C)OCCCCCOC(C)(C)C.CC(C)(C)OCCCCOC(C)(C)C.CC(C)(C)OCc1cccc(COC(C)(C)C)c1.CN(CCCCCOC(C)(C)C)C(C)(C)C. The predicted molar refractivity (Wildman–Crippen MR) is 342 cm³/mol. The van der Waals surface area contributed by atoms with Gasteiger partial charge in [0.25, 0.3) is 0 Å². The van der Waals surface area contributed by atoms with Gasteiger partial charge in [0.05, 0.1) is 58.0 Å². The Balaban J connectivity index is -0.000000446. The molecule has 0 heterocycles. The number of carbonyl (C=O) groups is 1. The topological polar surface area (TPSA) is 94.2 Å². The molecule has 1 aromatic carbocycles. The second-order valence-electron chi connectivity index (χ2n) is 31.5. The van der Waals surface area contributed by atoms with Gasteiger partial charge >= 0.3 is 0 Å². The van der Waals surface area contributed by atoms with E-state index in [9.17, 15) is 4.79 Å². The highest BCUT2D eigenvalue weighted by Crippen LogP contribution is 2.21. The van der Waals surface area contributed by atoms with Crippen molar-refractivity contribution in [3.63, 3.8) is 0 Å². The molecule has 474 valence electrons. The Bertz CT molecular complexity index is 1520. The minimum absolute atomic E-state index is 0.00189. The number of ether oxygens (including phenoxy) is 8. The summed E-state index contributed by atoms with van der Waals surface area (Å²) in [6.45, 7) is 70.6. The molecule has 10 nitrogen and oxygen atoms in total. The molecule has 0 amide bonds. The molecule has 10 heteroatoms. The van der Waals surface area contributed by atoms with E-state index in [2.05, 4.69) is 244 Å². The molecule has 0 aromatic heterocycles. The number of nitrogens with zero attached hydrogens (tertiary/aromatic N) is 1. The van der Waals surface area contributed by atoms with Crippen molar-refractivity contribution in [3.8, 4) is 0 Å². The van der Waals surface area contributed by atoms with E-state index in [0.29, 0.717) is 37.4 Å². The van der Waals surface area contributed by atoms with E-state index in [1.165, 1.54) is 43.4 Å². The van der Waals surface area contributed by atoms with Gasteiger partial charge in [-0.2, -0.15) is 0 Å². The van der Waals surface area contributed by atoms with Crippen LogP contribution in [0.1, 0.15) is 296 Å². The van der Waals surface area contributed by atoms with Crippen LogP contribution in [0.2, 0.25) is 0 Å². The van der Waals surface area contributed by atoms with Crippen LogP contribution in [0, 0.1) is 5.41 Å². The van der Waals surface area contributed by atoms with Crippen molar-refractivity contribution in [1.29, 1.82) is 0 Å². The second-order valence-corrected chi connectivity index (χ2v) is 31.5. The molecule has 0 N–H and O–H groups in total. The summed E-state index contributed by atoms with van der Waals surface area (Å²) in [6.07, 6.45) is 12.6. The molecule has 0 unspecified atom stereocenters. The van der Waals surface area contributed by atoms with Crippen molar-refractivity contribution in [2.24, 2.45) is 5.41 Å². The molecular formula is C69H139NO9. The Labute approximate surface area is 493 Å². The number of carbonyl (C=O) groups excluding carboxylic acids is 1. The van der Waals surface area contributed by atoms with E-state index in [4.69, 9.17) is 37.9 Å². The van der Waals surface area contributed by atoms with Gasteiger partial charge in [0.15, 0.2) is 0 Å². The molecule has 0 atom stereocenters. The quantitative estimate of drug-likeness (QED) is 0.0793. The molecule has 0 bridgehead atoms. The molecule has 79 heavy (non-hydrogen) atoms. The second kappa shape index (κ2) is 40.7. The number of unbranched alkanes of at least 4 members (excludes halogenated alkanes) is 6. The highest BCUT2D eigenvalue weighted by atomic mass is 16.5. The molecule has 0 fully saturated rings. The third-order valence-corrected chi connectivity index (χ3v) is 10.7. The van der Waals surface area contributed by atoms with Gasteiger partial charge in [-0.15, -0.1) is 0 Å². The Morgan fingerprint density at radius 3 is 0.861 bits per heavy atom. The molecule has 0 aliphatic heterocycles. The van der Waals surface area contributed by atoms with Crippen molar-refractivity contribution in [2.45, 2.75) is 348 Å². The summed E-state index contributed by atoms with van der Waals surface area (Å²) >= 11 is 0. The lowest BCUT2D eigenvalue weighted by molar-refractivity contribution is -0.120. The Hall–Kier alpha value is -1.47. The van der Waals surface area contributed by atoms with Crippen LogP contribution in [-0.2, 0) is 55.9 Å². The Morgan fingerprint density at radius 2 is 0.608 bits per heavy atom. The van der Waals surface area contributed by atoms with E-state index in [1.54, 1.807) is 0 Å². The van der Waals surface area contributed by atoms with Crippen molar-refractivity contribution in [3.05, 3.63) is 35.4 Å². The summed E-state index contributed by atoms with van der Waals surface area (Å²) in [5, 5.41) is 0. The van der Waals surface area contributed by atoms with Crippen molar-refractivity contribution in [2.75, 3.05) is 53.2 Å². The monoisotopic (exact) mass is 1130 g/mol. The maximum absolute atomic E-state index is 11.6. The summed E-state index contributed by atoms with van der Waals surface area (Å²) in [4.78, 5) is 14.0. The summed E-state index contributed by atoms with van der Waals surface area (Å²) in [5.74, 6) is 0.378. The van der Waals surface area contributed by atoms with Crippen LogP contribution in [0.25, 0.3) is 0 Å². The molecule has 1 aromatic rings. The highest BCUT2D eigenvalue weighted by Gasteiger charge is 2.19. The number of hydrogen-bond acceptors (Lipinski definition) is 10. The Morgan fingerprint density at radius 1 is 0.354 bits per heavy atom. The van der Waals surface area contributed by atoms with E-state index in [-0.39, 0.29) is 50.2 Å². The fourth-order valence-electron chi connectivity index (χ4n) is 6.33. The Kier molecular flexibility index (Phi) is 43.3. The van der Waals surface area contributed by atoms with Crippen molar-refractivity contribution < 1.29 is 42.7 Å². The summed E-state index contributed by atoms with van der Waals surface area (Å²) in [7, 11) is 2.20. The third kappa shape index (κ3) is 78.6. The van der Waals surface area contributed by atoms with Gasteiger partial charge in [-0.25, -0.2) is 0 Å². The van der Waals surface area contributed by atoms with Gasteiger partial charge in [0.1, 0.15) is 5.78 Å². The molecule has 0 aliphatic rings. The largest absolute Gasteiger partial charge is 0.376 e. The minimum atomic E-state index is -0.0993. The predicted octanol–water partition coefficient (Wildman–Crippen LogP) is 19.2. The van der Waals surface area contributed by atoms with E-state index in [0.717, 1.165) is 78.2 Å². The first-order valence-electron chi connectivity index (χ1n) is 30.7. The number of Topliss-reactive ketones (excluding diaryl/α,β-unsaturated/α-hetero) is 1. The maximum Gasteiger partial charge on any atom is 0.133 e. The fourth-order valence-corrected chi connectivity index (χ4v) is 6.33. The van der Waals surface area contributed by atoms with Crippen LogP contribution in [-0.4, -0.2) is 114 Å². The average molecular weight is 1130 g/mol. The fraction of sp³-hybridized carbons (Fsp3) is 0.899. The van der Waals surface area contributed by atoms with E-state index >= 15 is 0 Å². The lowest BCUT2D eigenvalue weighted by Gasteiger charge is -2.31. The normalized spacial score (nSPS) is 13.1. The van der Waals surface area contributed by atoms with Gasteiger partial charge in [-0.1, -0.05) is 45.0 Å². The zero-order chi connectivity index (χ0) is 62.6. The smallest absolute Gasteiger partial charge is 0.133 e. The van der Waals surface area contributed by atoms with Gasteiger partial charge in [-0.05, 0) is 281 Å². The zero-order valence-corrected chi connectivity index (χ0v) is 58.8. The van der Waals surface area contributed by atoms with E-state index < -0.39 is 0 Å². The van der Waals surface area contributed by atoms with Gasteiger partial charge in [0, 0.05) is 58.0 Å². The summed E-state index contributed by atoms with van der Waals surface area (Å²) in [5.41, 5.74) is 2.55. The molecule has 0 aliphatic carbocycles. The van der Waals surface area contributed by atoms with Crippen LogP contribution in [0.3, 0.4) is 0 Å². The van der Waals surface area contributed by atoms with Gasteiger partial charge in [0.2, 0.25) is 0 Å². The average Bonchev–Trinajstić information content (AvgIpc) is 3.21.